The number of methoxy groups -OCH3 is 1. The summed E-state index contributed by atoms with van der Waals surface area (Å²) in [6.07, 6.45) is 0. The molecule has 0 spiro atoms. The Bertz CT molecular complexity index is 449. The number of carbonyl (C=O) groups excluding carboxylic acids is 1. The summed E-state index contributed by atoms with van der Waals surface area (Å²) in [6, 6.07) is 9.22. The Morgan fingerprint density at radius 1 is 1.36 bits per heavy atom. The van der Waals surface area contributed by atoms with Gasteiger partial charge in [0.25, 0.3) is 0 Å². The average Bonchev–Trinajstić information content (AvgIpc) is 2.56. The number of morpholine rings is 1. The number of amides is 1. The summed E-state index contributed by atoms with van der Waals surface area (Å²) < 4.78 is 10.3. The highest BCUT2D eigenvalue weighted by molar-refractivity contribution is 5.82. The van der Waals surface area contributed by atoms with Crippen LogP contribution in [-0.2, 0) is 14.3 Å². The van der Waals surface area contributed by atoms with Crippen LogP contribution in [0.15, 0.2) is 30.3 Å². The number of nitrogens with one attached hydrogen (secondary N) is 1. The summed E-state index contributed by atoms with van der Waals surface area (Å²) in [7, 11) is 1.54. The summed E-state index contributed by atoms with van der Waals surface area (Å²) in [6.45, 7) is 4.19. The van der Waals surface area contributed by atoms with Crippen LogP contribution in [0, 0.1) is 0 Å². The van der Waals surface area contributed by atoms with Gasteiger partial charge < -0.3 is 20.5 Å². The van der Waals surface area contributed by atoms with Crippen LogP contribution in [0.5, 0.6) is 0 Å². The van der Waals surface area contributed by atoms with Crippen molar-refractivity contribution in [3.63, 3.8) is 0 Å². The van der Waals surface area contributed by atoms with Crippen molar-refractivity contribution < 1.29 is 14.3 Å². The number of rotatable bonds is 7. The van der Waals surface area contributed by atoms with Crippen LogP contribution < -0.4 is 11.1 Å². The highest BCUT2D eigenvalue weighted by Gasteiger charge is 2.22. The van der Waals surface area contributed by atoms with E-state index in [0.717, 1.165) is 38.4 Å². The van der Waals surface area contributed by atoms with Gasteiger partial charge in [-0.05, 0) is 5.56 Å². The lowest BCUT2D eigenvalue weighted by molar-refractivity contribution is -0.124. The average molecular weight is 307 g/mol. The predicted octanol–water partition coefficient (Wildman–Crippen LogP) is 0.150. The maximum atomic E-state index is 12.2. The van der Waals surface area contributed by atoms with Crippen LogP contribution in [0.3, 0.4) is 0 Å². The van der Waals surface area contributed by atoms with Gasteiger partial charge in [-0.3, -0.25) is 9.69 Å². The van der Waals surface area contributed by atoms with E-state index in [4.69, 9.17) is 15.2 Å². The van der Waals surface area contributed by atoms with Gasteiger partial charge in [0.2, 0.25) is 5.91 Å². The molecule has 2 unspecified atom stereocenters. The molecule has 122 valence electrons. The van der Waals surface area contributed by atoms with Crippen molar-refractivity contribution in [1.29, 1.82) is 0 Å². The third-order valence-corrected chi connectivity index (χ3v) is 3.75. The minimum atomic E-state index is -0.652. The van der Waals surface area contributed by atoms with E-state index in [2.05, 4.69) is 10.2 Å². The van der Waals surface area contributed by atoms with Gasteiger partial charge in [-0.2, -0.15) is 0 Å². The molecule has 1 amide bonds. The van der Waals surface area contributed by atoms with E-state index >= 15 is 0 Å². The Kier molecular flexibility index (Phi) is 6.79. The van der Waals surface area contributed by atoms with Crippen molar-refractivity contribution in [2.24, 2.45) is 5.73 Å². The molecule has 1 aromatic carbocycles. The van der Waals surface area contributed by atoms with Gasteiger partial charge in [-0.15, -0.1) is 0 Å². The van der Waals surface area contributed by atoms with E-state index in [1.54, 1.807) is 0 Å². The monoisotopic (exact) mass is 307 g/mol. The van der Waals surface area contributed by atoms with E-state index in [1.807, 2.05) is 30.3 Å². The maximum Gasteiger partial charge on any atom is 0.239 e. The molecule has 2 rings (SSSR count). The van der Waals surface area contributed by atoms with Gasteiger partial charge in [0.1, 0.15) is 6.04 Å². The summed E-state index contributed by atoms with van der Waals surface area (Å²) in [5.41, 5.74) is 6.89. The second-order valence-corrected chi connectivity index (χ2v) is 5.45. The fourth-order valence-corrected chi connectivity index (χ4v) is 2.50. The minimum absolute atomic E-state index is 0.0882. The molecule has 3 N–H and O–H groups in total. The topological polar surface area (TPSA) is 76.8 Å². The number of ether oxygens (including phenoxy) is 2. The minimum Gasteiger partial charge on any atom is -0.383 e. The van der Waals surface area contributed by atoms with Crippen LogP contribution in [0.2, 0.25) is 0 Å². The van der Waals surface area contributed by atoms with Crippen molar-refractivity contribution in [2.45, 2.75) is 12.1 Å². The second-order valence-electron chi connectivity index (χ2n) is 5.45. The molecule has 6 nitrogen and oxygen atoms in total. The molecule has 1 saturated heterocycles. The van der Waals surface area contributed by atoms with Crippen LogP contribution in [0.4, 0.5) is 0 Å². The van der Waals surface area contributed by atoms with Crippen molar-refractivity contribution in [3.8, 4) is 0 Å². The standard InChI is InChI=1S/C16H25N3O3/c1-21-12-14(17)16(20)18-15(13-5-3-2-4-6-13)11-19-7-9-22-10-8-19/h2-6,14-15H,7-12,17H2,1H3,(H,18,20). The Labute approximate surface area is 131 Å². The highest BCUT2D eigenvalue weighted by atomic mass is 16.5. The van der Waals surface area contributed by atoms with Crippen molar-refractivity contribution >= 4 is 5.91 Å². The molecular weight excluding hydrogens is 282 g/mol. The fraction of sp³-hybridized carbons (Fsp3) is 0.562. The fourth-order valence-electron chi connectivity index (χ4n) is 2.50. The largest absolute Gasteiger partial charge is 0.383 e. The number of nitrogens with two attached hydrogens (primary N) is 1. The molecule has 0 aliphatic carbocycles. The first-order chi connectivity index (χ1) is 10.7. The Morgan fingerprint density at radius 2 is 2.05 bits per heavy atom. The molecule has 6 heteroatoms. The van der Waals surface area contributed by atoms with Crippen LogP contribution in [0.25, 0.3) is 0 Å². The van der Waals surface area contributed by atoms with E-state index in [1.165, 1.54) is 7.11 Å². The molecule has 1 aliphatic rings. The molecule has 0 saturated carbocycles. The molecule has 0 bridgehead atoms. The van der Waals surface area contributed by atoms with Crippen LogP contribution in [-0.4, -0.2) is 63.4 Å². The number of nitrogens with zero attached hydrogens (tertiary/aromatic N) is 1. The lowest BCUT2D eigenvalue weighted by Gasteiger charge is -2.31. The Morgan fingerprint density at radius 3 is 2.68 bits per heavy atom. The Hall–Kier alpha value is -1.47. The molecule has 2 atom stereocenters. The maximum absolute atomic E-state index is 12.2. The second kappa shape index (κ2) is 8.85. The van der Waals surface area contributed by atoms with Crippen LogP contribution in [0.1, 0.15) is 11.6 Å². The van der Waals surface area contributed by atoms with Gasteiger partial charge >= 0.3 is 0 Å². The van der Waals surface area contributed by atoms with Gasteiger partial charge in [0.15, 0.2) is 0 Å². The van der Waals surface area contributed by atoms with Gasteiger partial charge in [-0.25, -0.2) is 0 Å². The molecule has 1 aliphatic heterocycles. The van der Waals surface area contributed by atoms with Gasteiger partial charge in [0, 0.05) is 26.7 Å². The lowest BCUT2D eigenvalue weighted by atomic mass is 10.1. The first-order valence-electron chi connectivity index (χ1n) is 7.60. The van der Waals surface area contributed by atoms with E-state index in [-0.39, 0.29) is 18.6 Å². The third kappa shape index (κ3) is 5.06. The zero-order chi connectivity index (χ0) is 15.8. The quantitative estimate of drug-likeness (QED) is 0.750. The Balaban J connectivity index is 2.02. The third-order valence-electron chi connectivity index (χ3n) is 3.75. The molecule has 0 aromatic heterocycles. The lowest BCUT2D eigenvalue weighted by Crippen LogP contribution is -2.48. The van der Waals surface area contributed by atoms with E-state index in [9.17, 15) is 4.79 Å². The molecular formula is C16H25N3O3. The molecule has 1 heterocycles. The number of benzene rings is 1. The van der Waals surface area contributed by atoms with Crippen LogP contribution >= 0.6 is 0 Å². The summed E-state index contributed by atoms with van der Waals surface area (Å²) >= 11 is 0. The number of hydrogen-bond donors (Lipinski definition) is 2. The SMILES string of the molecule is COCC(N)C(=O)NC(CN1CCOCC1)c1ccccc1. The highest BCUT2D eigenvalue weighted by Crippen LogP contribution is 2.15. The normalized spacial score (nSPS) is 18.6. The predicted molar refractivity (Wildman–Crippen MR) is 84.4 cm³/mol. The first kappa shape index (κ1) is 16.9. The first-order valence-corrected chi connectivity index (χ1v) is 7.60. The molecule has 0 radical (unpaired) electrons. The zero-order valence-corrected chi connectivity index (χ0v) is 13.0. The summed E-state index contributed by atoms with van der Waals surface area (Å²) in [4.78, 5) is 14.5. The van der Waals surface area contributed by atoms with Crippen molar-refractivity contribution in [3.05, 3.63) is 35.9 Å². The van der Waals surface area contributed by atoms with Gasteiger partial charge in [0.05, 0.1) is 25.9 Å². The smallest absolute Gasteiger partial charge is 0.239 e. The van der Waals surface area contributed by atoms with Crippen molar-refractivity contribution in [2.75, 3.05) is 46.6 Å². The number of hydrogen-bond acceptors (Lipinski definition) is 5. The summed E-state index contributed by atoms with van der Waals surface area (Å²) in [5, 5.41) is 3.04. The summed E-state index contributed by atoms with van der Waals surface area (Å²) in [5.74, 6) is -0.191. The molecule has 22 heavy (non-hydrogen) atoms. The van der Waals surface area contributed by atoms with E-state index in [0.29, 0.717) is 0 Å². The molecule has 1 fully saturated rings. The van der Waals surface area contributed by atoms with E-state index < -0.39 is 6.04 Å². The van der Waals surface area contributed by atoms with Gasteiger partial charge in [-0.1, -0.05) is 30.3 Å². The molecule has 1 aromatic rings. The zero-order valence-electron chi connectivity index (χ0n) is 13.0. The number of carbonyl (C=O) groups is 1. The van der Waals surface area contributed by atoms with Crippen molar-refractivity contribution in [1.82, 2.24) is 10.2 Å².